The van der Waals surface area contributed by atoms with E-state index in [0.717, 1.165) is 26.1 Å². The third kappa shape index (κ3) is 4.88. The second-order valence-electron chi connectivity index (χ2n) is 7.28. The number of rotatable bonds is 7. The van der Waals surface area contributed by atoms with E-state index in [-0.39, 0.29) is 35.0 Å². The lowest BCUT2D eigenvalue weighted by atomic mass is 9.86. The van der Waals surface area contributed by atoms with E-state index < -0.39 is 30.6 Å². The fourth-order valence-corrected chi connectivity index (χ4v) is 2.90. The first kappa shape index (κ1) is 23.6. The van der Waals surface area contributed by atoms with Gasteiger partial charge >= 0.3 is 18.8 Å². The van der Waals surface area contributed by atoms with Gasteiger partial charge in [0.1, 0.15) is 5.75 Å². The van der Waals surface area contributed by atoms with Crippen molar-refractivity contribution in [1.29, 1.82) is 0 Å². The minimum Gasteiger partial charge on any atom is -0.461 e. The number of hydrogen-bond acceptors (Lipinski definition) is 5. The van der Waals surface area contributed by atoms with E-state index in [0.29, 0.717) is 5.56 Å². The second-order valence-corrected chi connectivity index (χ2v) is 7.28. The average Bonchev–Trinajstić information content (AvgIpc) is 2.88. The number of carbonyl (C=O) groups excluding carboxylic acids is 1. The summed E-state index contributed by atoms with van der Waals surface area (Å²) in [6.07, 6.45) is -3.91. The third-order valence-corrected chi connectivity index (χ3v) is 4.54. The van der Waals surface area contributed by atoms with Crippen LogP contribution in [0.3, 0.4) is 0 Å². The molecule has 11 heteroatoms. The van der Waals surface area contributed by atoms with Crippen molar-refractivity contribution in [3.05, 3.63) is 29.2 Å². The van der Waals surface area contributed by atoms with Crippen LogP contribution < -0.4 is 4.74 Å². The SMILES string of the molecule is CCOC(=O)c1nn(C)c(-c2cnc(CC(C)(C)C(F)(F)F)cc2OC(F)F)c1C. The first-order valence-corrected chi connectivity index (χ1v) is 9.00. The van der Waals surface area contributed by atoms with E-state index >= 15 is 0 Å². The lowest BCUT2D eigenvalue weighted by Gasteiger charge is -2.27. The first-order valence-electron chi connectivity index (χ1n) is 9.00. The van der Waals surface area contributed by atoms with Crippen molar-refractivity contribution in [2.45, 2.75) is 46.9 Å². The molecule has 0 N–H and O–H groups in total. The highest BCUT2D eigenvalue weighted by atomic mass is 19.4. The van der Waals surface area contributed by atoms with Crippen LogP contribution in [0.4, 0.5) is 22.0 Å². The van der Waals surface area contributed by atoms with Crippen LogP contribution in [-0.4, -0.2) is 40.1 Å². The number of ether oxygens (including phenoxy) is 2. The largest absolute Gasteiger partial charge is 0.461 e. The normalized spacial score (nSPS) is 12.4. The molecule has 2 rings (SSSR count). The lowest BCUT2D eigenvalue weighted by molar-refractivity contribution is -0.211. The average molecular weight is 435 g/mol. The molecule has 2 aromatic heterocycles. The Bertz CT molecular complexity index is 923. The van der Waals surface area contributed by atoms with Crippen molar-refractivity contribution in [2.75, 3.05) is 6.61 Å². The molecule has 166 valence electrons. The maximum absolute atomic E-state index is 13.2. The van der Waals surface area contributed by atoms with Gasteiger partial charge in [0, 0.05) is 37.0 Å². The van der Waals surface area contributed by atoms with Gasteiger partial charge in [-0.1, -0.05) is 13.8 Å². The van der Waals surface area contributed by atoms with Crippen molar-refractivity contribution >= 4 is 5.97 Å². The van der Waals surface area contributed by atoms with Gasteiger partial charge in [-0.2, -0.15) is 27.1 Å². The van der Waals surface area contributed by atoms with Gasteiger partial charge in [0.2, 0.25) is 0 Å². The zero-order chi connectivity index (χ0) is 22.9. The Morgan fingerprint density at radius 1 is 1.27 bits per heavy atom. The maximum Gasteiger partial charge on any atom is 0.394 e. The molecule has 0 radical (unpaired) electrons. The van der Waals surface area contributed by atoms with E-state index in [4.69, 9.17) is 4.74 Å². The number of aryl methyl sites for hydroxylation is 1. The van der Waals surface area contributed by atoms with Crippen molar-refractivity contribution in [1.82, 2.24) is 14.8 Å². The zero-order valence-corrected chi connectivity index (χ0v) is 17.1. The van der Waals surface area contributed by atoms with Crippen LogP contribution in [-0.2, 0) is 18.2 Å². The monoisotopic (exact) mass is 435 g/mol. The predicted molar refractivity (Wildman–Crippen MR) is 97.3 cm³/mol. The van der Waals surface area contributed by atoms with Crippen LogP contribution in [0, 0.1) is 12.3 Å². The minimum absolute atomic E-state index is 0.0142. The Morgan fingerprint density at radius 3 is 2.43 bits per heavy atom. The Kier molecular flexibility index (Phi) is 6.73. The van der Waals surface area contributed by atoms with Gasteiger partial charge in [0.15, 0.2) is 5.69 Å². The molecule has 0 fully saturated rings. The highest BCUT2D eigenvalue weighted by Gasteiger charge is 2.47. The number of hydrogen-bond donors (Lipinski definition) is 0. The Morgan fingerprint density at radius 2 is 1.90 bits per heavy atom. The molecule has 0 aliphatic rings. The van der Waals surface area contributed by atoms with Crippen LogP contribution in [0.15, 0.2) is 12.3 Å². The number of alkyl halides is 5. The van der Waals surface area contributed by atoms with Crippen LogP contribution in [0.5, 0.6) is 5.75 Å². The van der Waals surface area contributed by atoms with Gasteiger partial charge in [0.05, 0.1) is 23.3 Å². The number of carbonyl (C=O) groups is 1. The molecule has 0 atom stereocenters. The molecule has 0 saturated heterocycles. The van der Waals surface area contributed by atoms with Crippen LogP contribution in [0.1, 0.15) is 42.5 Å². The van der Waals surface area contributed by atoms with Crippen LogP contribution >= 0.6 is 0 Å². The summed E-state index contributed by atoms with van der Waals surface area (Å²) in [5.74, 6) is -1.06. The van der Waals surface area contributed by atoms with Gasteiger partial charge in [-0.05, 0) is 13.8 Å². The molecule has 0 aromatic carbocycles. The Labute approximate surface area is 170 Å². The molecule has 2 aromatic rings. The van der Waals surface area contributed by atoms with Gasteiger partial charge in [-0.25, -0.2) is 4.79 Å². The van der Waals surface area contributed by atoms with E-state index in [1.54, 1.807) is 13.8 Å². The van der Waals surface area contributed by atoms with Crippen molar-refractivity contribution in [3.8, 4) is 17.0 Å². The molecule has 30 heavy (non-hydrogen) atoms. The predicted octanol–water partition coefficient (Wildman–Crippen LogP) is 4.70. The lowest BCUT2D eigenvalue weighted by Crippen LogP contribution is -2.34. The summed E-state index contributed by atoms with van der Waals surface area (Å²) >= 11 is 0. The maximum atomic E-state index is 13.2. The fraction of sp³-hybridized carbons (Fsp3) is 0.526. The van der Waals surface area contributed by atoms with Gasteiger partial charge in [0.25, 0.3) is 0 Å². The quantitative estimate of drug-likeness (QED) is 0.466. The molecule has 2 heterocycles. The van der Waals surface area contributed by atoms with Crippen LogP contribution in [0.2, 0.25) is 0 Å². The van der Waals surface area contributed by atoms with Crippen molar-refractivity contribution in [3.63, 3.8) is 0 Å². The standard InChI is InChI=1S/C19H22F5N3O3/c1-6-29-16(28)14-10(2)15(27(5)26-14)12-9-25-11(7-13(12)30-17(20)21)8-18(3,4)19(22,23)24/h7,9,17H,6,8H2,1-5H3. The number of nitrogens with zero attached hydrogens (tertiary/aromatic N) is 3. The summed E-state index contributed by atoms with van der Waals surface area (Å²) in [6, 6.07) is 1.05. The van der Waals surface area contributed by atoms with Gasteiger partial charge in [-0.3, -0.25) is 9.67 Å². The summed E-state index contributed by atoms with van der Waals surface area (Å²) in [5.41, 5.74) is -1.56. The third-order valence-electron chi connectivity index (χ3n) is 4.54. The minimum atomic E-state index is -4.51. The molecular formula is C19H22F5N3O3. The van der Waals surface area contributed by atoms with Gasteiger partial charge in [-0.15, -0.1) is 0 Å². The number of pyridine rings is 1. The molecule has 0 aliphatic heterocycles. The smallest absolute Gasteiger partial charge is 0.394 e. The Hall–Kier alpha value is -2.72. The highest BCUT2D eigenvalue weighted by Crippen LogP contribution is 2.41. The zero-order valence-electron chi connectivity index (χ0n) is 17.1. The molecule has 0 bridgehead atoms. The van der Waals surface area contributed by atoms with Crippen molar-refractivity contribution in [2.24, 2.45) is 12.5 Å². The molecule has 0 unspecified atom stereocenters. The topological polar surface area (TPSA) is 66.2 Å². The second kappa shape index (κ2) is 8.57. The van der Waals surface area contributed by atoms with E-state index in [1.165, 1.54) is 11.7 Å². The first-order chi connectivity index (χ1) is 13.8. The summed E-state index contributed by atoms with van der Waals surface area (Å²) in [6.45, 7) is 2.06. The molecule has 0 saturated carbocycles. The summed E-state index contributed by atoms with van der Waals surface area (Å²) in [5, 5.41) is 4.06. The van der Waals surface area contributed by atoms with E-state index in [1.807, 2.05) is 0 Å². The summed E-state index contributed by atoms with van der Waals surface area (Å²) in [4.78, 5) is 16.1. The molecular weight excluding hydrogens is 413 g/mol. The van der Waals surface area contributed by atoms with E-state index in [2.05, 4.69) is 14.8 Å². The number of halogens is 5. The molecule has 0 spiro atoms. The fourth-order valence-electron chi connectivity index (χ4n) is 2.90. The number of aromatic nitrogens is 3. The highest BCUT2D eigenvalue weighted by molar-refractivity contribution is 5.91. The number of esters is 1. The molecule has 0 amide bonds. The van der Waals surface area contributed by atoms with Crippen LogP contribution in [0.25, 0.3) is 11.3 Å². The Balaban J connectivity index is 2.55. The molecule has 0 aliphatic carbocycles. The summed E-state index contributed by atoms with van der Waals surface area (Å²) in [7, 11) is 1.48. The molecule has 6 nitrogen and oxygen atoms in total. The summed E-state index contributed by atoms with van der Waals surface area (Å²) < 4.78 is 76.3. The van der Waals surface area contributed by atoms with Crippen molar-refractivity contribution < 1.29 is 36.2 Å². The van der Waals surface area contributed by atoms with Gasteiger partial charge < -0.3 is 9.47 Å². The van der Waals surface area contributed by atoms with E-state index in [9.17, 15) is 26.7 Å².